The van der Waals surface area contributed by atoms with Crippen LogP contribution in [0.25, 0.3) is 0 Å². The molecule has 3 rings (SSSR count). The van der Waals surface area contributed by atoms with Crippen LogP contribution in [0.4, 0.5) is 0 Å². The van der Waals surface area contributed by atoms with Gasteiger partial charge in [-0.3, -0.25) is 4.79 Å². The molecule has 0 saturated heterocycles. The second kappa shape index (κ2) is 7.94. The van der Waals surface area contributed by atoms with Gasteiger partial charge in [0.2, 0.25) is 0 Å². The third kappa shape index (κ3) is 4.25. The summed E-state index contributed by atoms with van der Waals surface area (Å²) in [5.41, 5.74) is 2.36. The maximum Gasteiger partial charge on any atom is 0.276 e. The Kier molecular flexibility index (Phi) is 5.46. The summed E-state index contributed by atoms with van der Waals surface area (Å²) in [5.74, 6) is -0.151. The Balaban J connectivity index is 1.72. The molecule has 0 N–H and O–H groups in total. The van der Waals surface area contributed by atoms with Crippen molar-refractivity contribution in [3.63, 3.8) is 0 Å². The van der Waals surface area contributed by atoms with Gasteiger partial charge in [-0.2, -0.15) is 0 Å². The van der Waals surface area contributed by atoms with Gasteiger partial charge in [0.1, 0.15) is 0 Å². The van der Waals surface area contributed by atoms with Crippen LogP contribution in [0.3, 0.4) is 0 Å². The molecule has 1 amide bonds. The molecule has 0 saturated carbocycles. The quantitative estimate of drug-likeness (QED) is 0.679. The normalized spacial score (nSPS) is 10.6. The number of nitrogens with zero attached hydrogens (tertiary/aromatic N) is 4. The Morgan fingerprint density at radius 2 is 1.84 bits per heavy atom. The van der Waals surface area contributed by atoms with Gasteiger partial charge < -0.3 is 4.90 Å². The van der Waals surface area contributed by atoms with E-state index in [-0.39, 0.29) is 5.91 Å². The smallest absolute Gasteiger partial charge is 0.276 e. The first-order valence-corrected chi connectivity index (χ1v) is 8.52. The molecule has 0 aliphatic rings. The van der Waals surface area contributed by atoms with Gasteiger partial charge >= 0.3 is 0 Å². The first-order valence-electron chi connectivity index (χ1n) is 8.14. The van der Waals surface area contributed by atoms with Gasteiger partial charge in [-0.1, -0.05) is 65.3 Å². The van der Waals surface area contributed by atoms with Crippen molar-refractivity contribution >= 4 is 17.5 Å². The van der Waals surface area contributed by atoms with Gasteiger partial charge in [-0.05, 0) is 24.1 Å². The van der Waals surface area contributed by atoms with E-state index in [1.54, 1.807) is 15.8 Å². The highest BCUT2D eigenvalue weighted by Gasteiger charge is 2.19. The molecular weight excluding hydrogens is 336 g/mol. The molecule has 2 aromatic carbocycles. The molecule has 1 heterocycles. The van der Waals surface area contributed by atoms with Crippen molar-refractivity contribution in [2.75, 3.05) is 6.54 Å². The van der Waals surface area contributed by atoms with E-state index in [0.717, 1.165) is 11.1 Å². The topological polar surface area (TPSA) is 51.0 Å². The van der Waals surface area contributed by atoms with E-state index in [1.807, 2.05) is 61.5 Å². The first-order chi connectivity index (χ1) is 12.2. The molecule has 25 heavy (non-hydrogen) atoms. The van der Waals surface area contributed by atoms with Crippen LogP contribution < -0.4 is 0 Å². The molecule has 128 valence electrons. The van der Waals surface area contributed by atoms with E-state index in [9.17, 15) is 4.79 Å². The van der Waals surface area contributed by atoms with E-state index in [0.29, 0.717) is 30.4 Å². The number of carbonyl (C=O) groups excluding carboxylic acids is 1. The summed E-state index contributed by atoms with van der Waals surface area (Å²) in [6, 6.07) is 17.5. The molecule has 0 radical (unpaired) electrons. The monoisotopic (exact) mass is 354 g/mol. The SMILES string of the molecule is CCN(Cc1ccccc1Cl)C(=O)c1cn(Cc2ccccc2)nn1. The Morgan fingerprint density at radius 1 is 1.12 bits per heavy atom. The average molecular weight is 355 g/mol. The maximum atomic E-state index is 12.7. The van der Waals surface area contributed by atoms with Crippen LogP contribution in [0, 0.1) is 0 Å². The van der Waals surface area contributed by atoms with Crippen LogP contribution in [0.1, 0.15) is 28.5 Å². The summed E-state index contributed by atoms with van der Waals surface area (Å²) in [7, 11) is 0. The minimum absolute atomic E-state index is 0.151. The summed E-state index contributed by atoms with van der Waals surface area (Å²) in [6.45, 7) is 3.52. The van der Waals surface area contributed by atoms with Gasteiger partial charge in [0.15, 0.2) is 5.69 Å². The molecule has 6 heteroatoms. The fourth-order valence-electron chi connectivity index (χ4n) is 2.57. The van der Waals surface area contributed by atoms with Gasteiger partial charge in [-0.25, -0.2) is 4.68 Å². The van der Waals surface area contributed by atoms with Crippen molar-refractivity contribution < 1.29 is 4.79 Å². The van der Waals surface area contributed by atoms with Crippen LogP contribution in [-0.4, -0.2) is 32.3 Å². The Hall–Kier alpha value is -2.66. The molecule has 0 aliphatic heterocycles. The fourth-order valence-corrected chi connectivity index (χ4v) is 2.76. The third-order valence-electron chi connectivity index (χ3n) is 3.93. The van der Waals surface area contributed by atoms with Crippen LogP contribution in [0.2, 0.25) is 5.02 Å². The first kappa shape index (κ1) is 17.2. The van der Waals surface area contributed by atoms with E-state index in [2.05, 4.69) is 10.3 Å². The number of aromatic nitrogens is 3. The number of halogens is 1. The van der Waals surface area contributed by atoms with Crippen LogP contribution in [-0.2, 0) is 13.1 Å². The second-order valence-corrected chi connectivity index (χ2v) is 6.10. The van der Waals surface area contributed by atoms with Crippen molar-refractivity contribution in [2.45, 2.75) is 20.0 Å². The van der Waals surface area contributed by atoms with Gasteiger partial charge in [0, 0.05) is 18.1 Å². The number of benzene rings is 2. The summed E-state index contributed by atoms with van der Waals surface area (Å²) >= 11 is 6.20. The molecule has 0 spiro atoms. The molecule has 1 aromatic heterocycles. The fraction of sp³-hybridized carbons (Fsp3) is 0.211. The number of hydrogen-bond donors (Lipinski definition) is 0. The summed E-state index contributed by atoms with van der Waals surface area (Å²) in [6.07, 6.45) is 1.69. The van der Waals surface area contributed by atoms with Crippen molar-refractivity contribution in [3.8, 4) is 0 Å². The zero-order chi connectivity index (χ0) is 17.6. The van der Waals surface area contributed by atoms with E-state index in [4.69, 9.17) is 11.6 Å². The zero-order valence-electron chi connectivity index (χ0n) is 14.0. The summed E-state index contributed by atoms with van der Waals surface area (Å²) in [4.78, 5) is 14.4. The highest BCUT2D eigenvalue weighted by Crippen LogP contribution is 2.18. The molecule has 0 aliphatic carbocycles. The summed E-state index contributed by atoms with van der Waals surface area (Å²) < 4.78 is 1.67. The minimum Gasteiger partial charge on any atom is -0.333 e. The minimum atomic E-state index is -0.151. The lowest BCUT2D eigenvalue weighted by Crippen LogP contribution is -2.30. The van der Waals surface area contributed by atoms with Crippen LogP contribution in [0.5, 0.6) is 0 Å². The van der Waals surface area contributed by atoms with Gasteiger partial charge in [0.05, 0.1) is 12.7 Å². The van der Waals surface area contributed by atoms with Crippen LogP contribution >= 0.6 is 11.6 Å². The molecule has 0 fully saturated rings. The highest BCUT2D eigenvalue weighted by molar-refractivity contribution is 6.31. The largest absolute Gasteiger partial charge is 0.333 e. The lowest BCUT2D eigenvalue weighted by Gasteiger charge is -2.20. The second-order valence-electron chi connectivity index (χ2n) is 5.70. The molecule has 3 aromatic rings. The highest BCUT2D eigenvalue weighted by atomic mass is 35.5. The lowest BCUT2D eigenvalue weighted by molar-refractivity contribution is 0.0746. The third-order valence-corrected chi connectivity index (χ3v) is 4.30. The number of rotatable bonds is 6. The van der Waals surface area contributed by atoms with Crippen molar-refractivity contribution in [1.29, 1.82) is 0 Å². The standard InChI is InChI=1S/C19H19ClN4O/c1-2-23(13-16-10-6-7-11-17(16)20)19(25)18-14-24(22-21-18)12-15-8-4-3-5-9-15/h3-11,14H,2,12-13H2,1H3. The zero-order valence-corrected chi connectivity index (χ0v) is 14.7. The Labute approximate surface area is 151 Å². The lowest BCUT2D eigenvalue weighted by atomic mass is 10.2. The van der Waals surface area contributed by atoms with Gasteiger partial charge in [-0.15, -0.1) is 5.10 Å². The van der Waals surface area contributed by atoms with Crippen LogP contribution in [0.15, 0.2) is 60.8 Å². The van der Waals surface area contributed by atoms with E-state index in [1.165, 1.54) is 0 Å². The maximum absolute atomic E-state index is 12.7. The predicted octanol–water partition coefficient (Wildman–Crippen LogP) is 3.64. The number of carbonyl (C=O) groups is 1. The van der Waals surface area contributed by atoms with E-state index < -0.39 is 0 Å². The predicted molar refractivity (Wildman–Crippen MR) is 97.4 cm³/mol. The Morgan fingerprint density at radius 3 is 2.56 bits per heavy atom. The number of amides is 1. The average Bonchev–Trinajstić information content (AvgIpc) is 3.10. The molecule has 0 unspecified atom stereocenters. The van der Waals surface area contributed by atoms with Crippen molar-refractivity contribution in [1.82, 2.24) is 19.9 Å². The Bertz CT molecular complexity index is 847. The van der Waals surface area contributed by atoms with Crippen molar-refractivity contribution in [3.05, 3.63) is 82.6 Å². The van der Waals surface area contributed by atoms with Crippen molar-refractivity contribution in [2.24, 2.45) is 0 Å². The molecular formula is C19H19ClN4O. The summed E-state index contributed by atoms with van der Waals surface area (Å²) in [5, 5.41) is 8.76. The number of hydrogen-bond acceptors (Lipinski definition) is 3. The molecule has 5 nitrogen and oxygen atoms in total. The molecule has 0 atom stereocenters. The van der Waals surface area contributed by atoms with Gasteiger partial charge in [0.25, 0.3) is 5.91 Å². The van der Waals surface area contributed by atoms with E-state index >= 15 is 0 Å². The molecule has 0 bridgehead atoms.